The smallest absolute Gasteiger partial charge is 0.191 e. The largest absolute Gasteiger partial charge is 0.357 e. The summed E-state index contributed by atoms with van der Waals surface area (Å²) in [5, 5.41) is 6.77. The fraction of sp³-hybridized carbons (Fsp3) is 0.647. The summed E-state index contributed by atoms with van der Waals surface area (Å²) in [5.41, 5.74) is 0.991. The summed E-state index contributed by atoms with van der Waals surface area (Å²) in [7, 11) is 0. The Balaban J connectivity index is 0.00000441. The zero-order valence-electron chi connectivity index (χ0n) is 14.1. The maximum atomic E-state index is 4.60. The Bertz CT molecular complexity index is 395. The van der Waals surface area contributed by atoms with Gasteiger partial charge in [-0.05, 0) is 32.4 Å². The number of aliphatic imine (C=N–C) groups is 1. The molecule has 1 aromatic rings. The van der Waals surface area contributed by atoms with Crippen LogP contribution in [0.2, 0.25) is 0 Å². The summed E-state index contributed by atoms with van der Waals surface area (Å²) in [6.45, 7) is 8.04. The first kappa shape index (κ1) is 21.1. The number of aromatic nitrogens is 1. The van der Waals surface area contributed by atoms with Gasteiger partial charge in [-0.25, -0.2) is 4.99 Å². The van der Waals surface area contributed by atoms with Gasteiger partial charge < -0.3 is 10.6 Å². The molecule has 0 aromatic carbocycles. The van der Waals surface area contributed by atoms with Crippen LogP contribution >= 0.6 is 24.0 Å². The number of halogens is 1. The quantitative estimate of drug-likeness (QED) is 0.275. The predicted octanol–water partition coefficient (Wildman–Crippen LogP) is 4.11. The first-order valence-electron chi connectivity index (χ1n) is 8.21. The van der Waals surface area contributed by atoms with E-state index in [2.05, 4.69) is 41.4 Å². The fourth-order valence-electron chi connectivity index (χ4n) is 2.15. The van der Waals surface area contributed by atoms with E-state index in [1.54, 1.807) is 0 Å². The van der Waals surface area contributed by atoms with Gasteiger partial charge in [0.25, 0.3) is 0 Å². The molecule has 0 radical (unpaired) electrons. The van der Waals surface area contributed by atoms with Crippen molar-refractivity contribution in [2.45, 2.75) is 65.5 Å². The lowest BCUT2D eigenvalue weighted by atomic mass is 10.1. The molecule has 1 heterocycles. The summed E-state index contributed by atoms with van der Waals surface area (Å²) in [6, 6.07) is 6.37. The van der Waals surface area contributed by atoms with Crippen molar-refractivity contribution < 1.29 is 0 Å². The number of nitrogens with one attached hydrogen (secondary N) is 2. The van der Waals surface area contributed by atoms with Crippen molar-refractivity contribution in [3.63, 3.8) is 0 Å². The number of unbranched alkanes of at least 4 members (excludes halogenated alkanes) is 3. The minimum absolute atomic E-state index is 0. The standard InChI is InChI=1S/C17H30N4.HI/c1-4-6-7-8-11-15(3)21-17(18-5-2)20-14-16-12-9-10-13-19-16;/h9-10,12-13,15H,4-8,11,14H2,1-3H3,(H2,18,20,21);1H. The SMILES string of the molecule is CCCCCCC(C)NC(=NCc1ccccn1)NCC.I. The Morgan fingerprint density at radius 3 is 2.68 bits per heavy atom. The molecule has 4 nitrogen and oxygen atoms in total. The van der Waals surface area contributed by atoms with Gasteiger partial charge in [0.15, 0.2) is 5.96 Å². The second kappa shape index (κ2) is 13.8. The highest BCUT2D eigenvalue weighted by molar-refractivity contribution is 14.0. The molecule has 0 aliphatic heterocycles. The van der Waals surface area contributed by atoms with E-state index in [1.165, 1.54) is 32.1 Å². The summed E-state index contributed by atoms with van der Waals surface area (Å²) in [6.07, 6.45) is 8.22. The molecule has 1 rings (SSSR count). The van der Waals surface area contributed by atoms with Gasteiger partial charge in [0.1, 0.15) is 0 Å². The first-order chi connectivity index (χ1) is 10.3. The molecule has 0 fully saturated rings. The zero-order chi connectivity index (χ0) is 15.3. The molecule has 0 saturated carbocycles. The van der Waals surface area contributed by atoms with Crippen LogP contribution in [0.5, 0.6) is 0 Å². The summed E-state index contributed by atoms with van der Waals surface area (Å²) < 4.78 is 0. The van der Waals surface area contributed by atoms with Crippen LogP contribution in [-0.4, -0.2) is 23.5 Å². The van der Waals surface area contributed by atoms with Gasteiger partial charge in [-0.3, -0.25) is 4.98 Å². The molecule has 0 spiro atoms. The number of guanidine groups is 1. The van der Waals surface area contributed by atoms with E-state index in [0.29, 0.717) is 12.6 Å². The number of nitrogens with zero attached hydrogens (tertiary/aromatic N) is 2. The highest BCUT2D eigenvalue weighted by atomic mass is 127. The lowest BCUT2D eigenvalue weighted by Crippen LogP contribution is -2.42. The van der Waals surface area contributed by atoms with E-state index in [1.807, 2.05) is 24.4 Å². The Labute approximate surface area is 152 Å². The Hall–Kier alpha value is -0.850. The number of hydrogen-bond acceptors (Lipinski definition) is 2. The third-order valence-corrected chi connectivity index (χ3v) is 3.34. The van der Waals surface area contributed by atoms with Gasteiger partial charge >= 0.3 is 0 Å². The molecule has 22 heavy (non-hydrogen) atoms. The van der Waals surface area contributed by atoms with Crippen molar-refractivity contribution in [1.82, 2.24) is 15.6 Å². The zero-order valence-corrected chi connectivity index (χ0v) is 16.5. The van der Waals surface area contributed by atoms with E-state index in [9.17, 15) is 0 Å². The molecule has 0 aliphatic rings. The van der Waals surface area contributed by atoms with Gasteiger partial charge in [-0.2, -0.15) is 0 Å². The summed E-state index contributed by atoms with van der Waals surface area (Å²) >= 11 is 0. The van der Waals surface area contributed by atoms with Crippen molar-refractivity contribution in [3.8, 4) is 0 Å². The van der Waals surface area contributed by atoms with Crippen LogP contribution in [0.1, 0.15) is 58.6 Å². The average Bonchev–Trinajstić information content (AvgIpc) is 2.50. The van der Waals surface area contributed by atoms with Crippen molar-refractivity contribution in [1.29, 1.82) is 0 Å². The van der Waals surface area contributed by atoms with Gasteiger partial charge in [-0.1, -0.05) is 38.7 Å². The first-order valence-corrected chi connectivity index (χ1v) is 8.21. The Morgan fingerprint density at radius 1 is 1.23 bits per heavy atom. The van der Waals surface area contributed by atoms with Crippen molar-refractivity contribution in [2.24, 2.45) is 4.99 Å². The molecular weight excluding hydrogens is 387 g/mol. The monoisotopic (exact) mass is 418 g/mol. The van der Waals surface area contributed by atoms with Crippen LogP contribution in [0.25, 0.3) is 0 Å². The molecule has 0 aliphatic carbocycles. The van der Waals surface area contributed by atoms with Crippen molar-refractivity contribution >= 4 is 29.9 Å². The van der Waals surface area contributed by atoms with Gasteiger partial charge in [0.05, 0.1) is 12.2 Å². The van der Waals surface area contributed by atoms with Gasteiger partial charge in [0.2, 0.25) is 0 Å². The maximum absolute atomic E-state index is 4.60. The molecule has 126 valence electrons. The van der Waals surface area contributed by atoms with Crippen LogP contribution in [0.3, 0.4) is 0 Å². The molecule has 1 atom stereocenters. The highest BCUT2D eigenvalue weighted by Crippen LogP contribution is 2.05. The topological polar surface area (TPSA) is 49.3 Å². The van der Waals surface area contributed by atoms with Crippen LogP contribution in [0.4, 0.5) is 0 Å². The molecule has 0 bridgehead atoms. The lowest BCUT2D eigenvalue weighted by Gasteiger charge is -2.17. The second-order valence-corrected chi connectivity index (χ2v) is 5.41. The predicted molar refractivity (Wildman–Crippen MR) is 106 cm³/mol. The van der Waals surface area contributed by atoms with E-state index in [4.69, 9.17) is 0 Å². The van der Waals surface area contributed by atoms with E-state index >= 15 is 0 Å². The van der Waals surface area contributed by atoms with E-state index in [0.717, 1.165) is 18.2 Å². The molecule has 5 heteroatoms. The lowest BCUT2D eigenvalue weighted by molar-refractivity contribution is 0.537. The Morgan fingerprint density at radius 2 is 2.05 bits per heavy atom. The number of hydrogen-bond donors (Lipinski definition) is 2. The molecule has 0 saturated heterocycles. The Kier molecular flexibility index (Phi) is 13.3. The molecule has 1 aromatic heterocycles. The molecular formula is C17H31IN4. The molecule has 2 N–H and O–H groups in total. The minimum Gasteiger partial charge on any atom is -0.357 e. The van der Waals surface area contributed by atoms with Crippen LogP contribution in [0.15, 0.2) is 29.4 Å². The molecule has 1 unspecified atom stereocenters. The third-order valence-electron chi connectivity index (χ3n) is 3.34. The van der Waals surface area contributed by atoms with E-state index < -0.39 is 0 Å². The van der Waals surface area contributed by atoms with Crippen molar-refractivity contribution in [2.75, 3.05) is 6.54 Å². The third kappa shape index (κ3) is 9.97. The summed E-state index contributed by atoms with van der Waals surface area (Å²) in [4.78, 5) is 8.90. The van der Waals surface area contributed by atoms with Gasteiger partial charge in [0, 0.05) is 18.8 Å². The maximum Gasteiger partial charge on any atom is 0.191 e. The van der Waals surface area contributed by atoms with Crippen LogP contribution < -0.4 is 10.6 Å². The van der Waals surface area contributed by atoms with E-state index in [-0.39, 0.29) is 24.0 Å². The van der Waals surface area contributed by atoms with Crippen LogP contribution in [-0.2, 0) is 6.54 Å². The normalized spacial score (nSPS) is 12.4. The fourth-order valence-corrected chi connectivity index (χ4v) is 2.15. The number of rotatable bonds is 9. The number of pyridine rings is 1. The van der Waals surface area contributed by atoms with Crippen molar-refractivity contribution in [3.05, 3.63) is 30.1 Å². The second-order valence-electron chi connectivity index (χ2n) is 5.41. The van der Waals surface area contributed by atoms with Crippen LogP contribution in [0, 0.1) is 0 Å². The summed E-state index contributed by atoms with van der Waals surface area (Å²) in [5.74, 6) is 0.881. The average molecular weight is 418 g/mol. The minimum atomic E-state index is 0. The molecule has 0 amide bonds. The highest BCUT2D eigenvalue weighted by Gasteiger charge is 2.04. The van der Waals surface area contributed by atoms with Gasteiger partial charge in [-0.15, -0.1) is 24.0 Å².